The zero-order chi connectivity index (χ0) is 8.27. The van der Waals surface area contributed by atoms with E-state index in [1.165, 1.54) is 0 Å². The number of carbonyl (C=O) groups excluding carboxylic acids is 1. The van der Waals surface area contributed by atoms with Gasteiger partial charge in [0, 0.05) is 6.42 Å². The molecule has 0 atom stereocenters. The molecule has 2 N–H and O–H groups in total. The van der Waals surface area contributed by atoms with Gasteiger partial charge in [-0.2, -0.15) is 0 Å². The number of cyclic esters (lactones) is 1. The molecule has 0 amide bonds. The monoisotopic (exact) mass is 157 g/mol. The van der Waals surface area contributed by atoms with Gasteiger partial charge >= 0.3 is 5.97 Å². The summed E-state index contributed by atoms with van der Waals surface area (Å²) in [6.07, 6.45) is 0.560. The summed E-state index contributed by atoms with van der Waals surface area (Å²) in [7, 11) is 0. The number of esters is 1. The largest absolute Gasteiger partial charge is 0.479 e. The minimum absolute atomic E-state index is 0.204. The maximum atomic E-state index is 10.9. The van der Waals surface area contributed by atoms with Gasteiger partial charge in [0.05, 0.1) is 18.8 Å². The predicted molar refractivity (Wildman–Crippen MR) is 38.4 cm³/mol. The van der Waals surface area contributed by atoms with Crippen LogP contribution in [-0.4, -0.2) is 19.2 Å². The molecule has 0 aromatic rings. The molecule has 0 bridgehead atoms. The van der Waals surface area contributed by atoms with Crippen molar-refractivity contribution in [2.75, 3.05) is 13.2 Å². The lowest BCUT2D eigenvalue weighted by Crippen LogP contribution is -2.10. The van der Waals surface area contributed by atoms with Crippen molar-refractivity contribution in [3.05, 3.63) is 11.5 Å². The highest BCUT2D eigenvalue weighted by Gasteiger charge is 2.22. The lowest BCUT2D eigenvalue weighted by molar-refractivity contribution is -0.135. The van der Waals surface area contributed by atoms with Gasteiger partial charge in [-0.3, -0.25) is 0 Å². The lowest BCUT2D eigenvalue weighted by Gasteiger charge is -2.02. The van der Waals surface area contributed by atoms with Crippen LogP contribution in [0.2, 0.25) is 0 Å². The van der Waals surface area contributed by atoms with Gasteiger partial charge in [0.15, 0.2) is 5.88 Å². The SMILES string of the molecule is CCO/C(N)=C1\CCOC1=O. The molecule has 0 saturated carbocycles. The first-order chi connectivity index (χ1) is 5.25. The molecule has 1 rings (SSSR count). The van der Waals surface area contributed by atoms with E-state index in [4.69, 9.17) is 10.5 Å². The van der Waals surface area contributed by atoms with Crippen LogP contribution in [0.3, 0.4) is 0 Å². The topological polar surface area (TPSA) is 61.6 Å². The zero-order valence-electron chi connectivity index (χ0n) is 6.42. The quantitative estimate of drug-likeness (QED) is 0.352. The van der Waals surface area contributed by atoms with Crippen LogP contribution < -0.4 is 5.73 Å². The first-order valence-electron chi connectivity index (χ1n) is 3.54. The fourth-order valence-electron chi connectivity index (χ4n) is 0.901. The Morgan fingerprint density at radius 3 is 3.00 bits per heavy atom. The van der Waals surface area contributed by atoms with Crippen LogP contribution in [0.1, 0.15) is 13.3 Å². The molecule has 1 aliphatic heterocycles. The summed E-state index contributed by atoms with van der Waals surface area (Å²) >= 11 is 0. The van der Waals surface area contributed by atoms with Crippen molar-refractivity contribution >= 4 is 5.97 Å². The average Bonchev–Trinajstić information content (AvgIpc) is 2.36. The van der Waals surface area contributed by atoms with Crippen molar-refractivity contribution in [3.63, 3.8) is 0 Å². The number of carbonyl (C=O) groups is 1. The molecule has 0 unspecified atom stereocenters. The molecule has 1 aliphatic rings. The smallest absolute Gasteiger partial charge is 0.339 e. The Morgan fingerprint density at radius 2 is 2.55 bits per heavy atom. The van der Waals surface area contributed by atoms with Crippen molar-refractivity contribution in [1.82, 2.24) is 0 Å². The number of hydrogen-bond acceptors (Lipinski definition) is 4. The molecule has 1 fully saturated rings. The Morgan fingerprint density at radius 1 is 1.82 bits per heavy atom. The number of hydrogen-bond donors (Lipinski definition) is 1. The molecule has 1 saturated heterocycles. The van der Waals surface area contributed by atoms with Crippen molar-refractivity contribution in [1.29, 1.82) is 0 Å². The fraction of sp³-hybridized carbons (Fsp3) is 0.571. The molecule has 0 radical (unpaired) electrons. The van der Waals surface area contributed by atoms with Crippen LogP contribution in [0.25, 0.3) is 0 Å². The van der Waals surface area contributed by atoms with Crippen LogP contribution in [-0.2, 0) is 14.3 Å². The van der Waals surface area contributed by atoms with Gasteiger partial charge in [-0.15, -0.1) is 0 Å². The van der Waals surface area contributed by atoms with E-state index in [9.17, 15) is 4.79 Å². The third kappa shape index (κ3) is 1.63. The van der Waals surface area contributed by atoms with Gasteiger partial charge in [0.1, 0.15) is 0 Å². The molecular weight excluding hydrogens is 146 g/mol. The van der Waals surface area contributed by atoms with Crippen LogP contribution in [0, 0.1) is 0 Å². The molecule has 0 aromatic heterocycles. The van der Waals surface area contributed by atoms with E-state index in [1.807, 2.05) is 6.92 Å². The Bertz CT molecular complexity index is 198. The van der Waals surface area contributed by atoms with Crippen LogP contribution >= 0.6 is 0 Å². The fourth-order valence-corrected chi connectivity index (χ4v) is 0.901. The summed E-state index contributed by atoms with van der Waals surface area (Å²) in [6.45, 7) is 2.71. The maximum Gasteiger partial charge on any atom is 0.339 e. The highest BCUT2D eigenvalue weighted by atomic mass is 16.5. The zero-order valence-corrected chi connectivity index (χ0v) is 6.42. The van der Waals surface area contributed by atoms with Crippen LogP contribution in [0.4, 0.5) is 0 Å². The van der Waals surface area contributed by atoms with Gasteiger partial charge in [-0.25, -0.2) is 4.79 Å². The van der Waals surface area contributed by atoms with Crippen LogP contribution in [0.5, 0.6) is 0 Å². The molecule has 11 heavy (non-hydrogen) atoms. The minimum Gasteiger partial charge on any atom is -0.479 e. The lowest BCUT2D eigenvalue weighted by atomic mass is 10.2. The summed E-state index contributed by atoms with van der Waals surface area (Å²) < 4.78 is 9.63. The maximum absolute atomic E-state index is 10.9. The minimum atomic E-state index is -0.351. The summed E-state index contributed by atoms with van der Waals surface area (Å²) in [6, 6.07) is 0. The molecule has 4 nitrogen and oxygen atoms in total. The summed E-state index contributed by atoms with van der Waals surface area (Å²) in [4.78, 5) is 10.9. The van der Waals surface area contributed by atoms with Gasteiger partial charge < -0.3 is 15.2 Å². The van der Waals surface area contributed by atoms with E-state index in [-0.39, 0.29) is 11.9 Å². The second kappa shape index (κ2) is 3.27. The summed E-state index contributed by atoms with van der Waals surface area (Å²) in [5.74, 6) is -0.147. The van der Waals surface area contributed by atoms with E-state index in [0.717, 1.165) is 0 Å². The van der Waals surface area contributed by atoms with Crippen LogP contribution in [0.15, 0.2) is 11.5 Å². The van der Waals surface area contributed by atoms with Gasteiger partial charge in [-0.05, 0) is 6.92 Å². The standard InChI is InChI=1S/C7H11NO3/c1-2-10-6(8)5-3-4-11-7(5)9/h2-4,8H2,1H3/b6-5+. The predicted octanol–water partition coefficient (Wildman–Crippen LogP) is 0.140. The van der Waals surface area contributed by atoms with E-state index in [0.29, 0.717) is 25.2 Å². The second-order valence-corrected chi connectivity index (χ2v) is 2.16. The van der Waals surface area contributed by atoms with E-state index in [1.54, 1.807) is 0 Å². The second-order valence-electron chi connectivity index (χ2n) is 2.16. The van der Waals surface area contributed by atoms with E-state index < -0.39 is 0 Å². The van der Waals surface area contributed by atoms with E-state index in [2.05, 4.69) is 4.74 Å². The normalized spacial score (nSPS) is 21.4. The third-order valence-electron chi connectivity index (χ3n) is 1.43. The third-order valence-corrected chi connectivity index (χ3v) is 1.43. The number of rotatable bonds is 2. The Balaban J connectivity index is 2.68. The number of nitrogens with two attached hydrogens (primary N) is 1. The Labute approximate surface area is 65.0 Å². The molecular formula is C7H11NO3. The van der Waals surface area contributed by atoms with Gasteiger partial charge in [0.2, 0.25) is 0 Å². The molecule has 0 aromatic carbocycles. The highest BCUT2D eigenvalue weighted by Crippen LogP contribution is 2.15. The summed E-state index contributed by atoms with van der Waals surface area (Å²) in [5.41, 5.74) is 5.90. The first-order valence-corrected chi connectivity index (χ1v) is 3.54. The molecule has 62 valence electrons. The van der Waals surface area contributed by atoms with Gasteiger partial charge in [0.25, 0.3) is 0 Å². The highest BCUT2D eigenvalue weighted by molar-refractivity contribution is 5.90. The molecule has 0 aliphatic carbocycles. The first kappa shape index (κ1) is 7.91. The summed E-state index contributed by atoms with van der Waals surface area (Å²) in [5, 5.41) is 0. The average molecular weight is 157 g/mol. The van der Waals surface area contributed by atoms with E-state index >= 15 is 0 Å². The van der Waals surface area contributed by atoms with Crippen molar-refractivity contribution in [2.24, 2.45) is 5.73 Å². The molecule has 4 heteroatoms. The molecule has 0 spiro atoms. The van der Waals surface area contributed by atoms with Gasteiger partial charge in [-0.1, -0.05) is 0 Å². The van der Waals surface area contributed by atoms with Crippen molar-refractivity contribution < 1.29 is 14.3 Å². The number of ether oxygens (including phenoxy) is 2. The Kier molecular flexibility index (Phi) is 2.36. The Hall–Kier alpha value is -1.19. The molecule has 1 heterocycles. The van der Waals surface area contributed by atoms with Crippen molar-refractivity contribution in [3.8, 4) is 0 Å². The van der Waals surface area contributed by atoms with Crippen molar-refractivity contribution in [2.45, 2.75) is 13.3 Å².